The van der Waals surface area contributed by atoms with Crippen molar-refractivity contribution in [3.63, 3.8) is 0 Å². The monoisotopic (exact) mass is 286 g/mol. The van der Waals surface area contributed by atoms with Crippen LogP contribution in [-0.4, -0.2) is 23.8 Å². The van der Waals surface area contributed by atoms with E-state index in [4.69, 9.17) is 4.74 Å². The molecule has 0 aliphatic carbocycles. The van der Waals surface area contributed by atoms with Crippen LogP contribution in [0.15, 0.2) is 42.0 Å². The van der Waals surface area contributed by atoms with Crippen LogP contribution < -0.4 is 0 Å². The number of hydrogen-bond donors (Lipinski definition) is 1. The molecule has 21 heavy (non-hydrogen) atoms. The summed E-state index contributed by atoms with van der Waals surface area (Å²) >= 11 is 0. The van der Waals surface area contributed by atoms with Gasteiger partial charge in [0.1, 0.15) is 0 Å². The van der Waals surface area contributed by atoms with Crippen molar-refractivity contribution in [1.29, 1.82) is 0 Å². The van der Waals surface area contributed by atoms with Crippen LogP contribution >= 0.6 is 0 Å². The van der Waals surface area contributed by atoms with Crippen LogP contribution in [-0.2, 0) is 9.53 Å². The lowest BCUT2D eigenvalue weighted by Crippen LogP contribution is -2.31. The Balaban J connectivity index is 3.02. The maximum Gasteiger partial charge on any atom is 0.339 e. The highest BCUT2D eigenvalue weighted by atomic mass is 16.5. The molecule has 1 rings (SSSR count). The fourth-order valence-electron chi connectivity index (χ4n) is 1.77. The van der Waals surface area contributed by atoms with E-state index >= 15 is 0 Å². The molecular formula is C18H22O3. The molecule has 0 spiro atoms. The summed E-state index contributed by atoms with van der Waals surface area (Å²) in [6, 6.07) is 9.54. The van der Waals surface area contributed by atoms with E-state index in [-0.39, 0.29) is 12.0 Å². The maximum absolute atomic E-state index is 11.7. The summed E-state index contributed by atoms with van der Waals surface area (Å²) in [6.07, 6.45) is 0.323. The van der Waals surface area contributed by atoms with Crippen molar-refractivity contribution in [2.45, 2.75) is 33.8 Å². The van der Waals surface area contributed by atoms with Crippen molar-refractivity contribution in [1.82, 2.24) is 0 Å². The van der Waals surface area contributed by atoms with E-state index in [0.717, 1.165) is 5.56 Å². The van der Waals surface area contributed by atoms with Crippen LogP contribution in [0.1, 0.15) is 33.3 Å². The molecule has 0 saturated heterocycles. The molecule has 3 nitrogen and oxygen atoms in total. The van der Waals surface area contributed by atoms with E-state index in [1.807, 2.05) is 51.1 Å². The number of aliphatic hydroxyl groups is 1. The van der Waals surface area contributed by atoms with Crippen LogP contribution in [0.3, 0.4) is 0 Å². The van der Waals surface area contributed by atoms with Crippen LogP contribution in [0.5, 0.6) is 0 Å². The molecule has 3 heteroatoms. The first-order valence-electron chi connectivity index (χ1n) is 6.98. The molecule has 0 aliphatic rings. The molecule has 0 fully saturated rings. The summed E-state index contributed by atoms with van der Waals surface area (Å²) in [6.45, 7) is 7.71. The molecule has 0 radical (unpaired) electrons. The van der Waals surface area contributed by atoms with Crippen molar-refractivity contribution < 1.29 is 14.6 Å². The second kappa shape index (κ2) is 7.66. The Kier molecular flexibility index (Phi) is 6.20. The number of hydrogen-bond acceptors (Lipinski definition) is 3. The zero-order valence-corrected chi connectivity index (χ0v) is 13.0. The molecule has 1 atom stereocenters. The number of allylic oxidation sites excluding steroid dienone is 1. The summed E-state index contributed by atoms with van der Waals surface area (Å²) in [5.74, 6) is 5.25. The summed E-state index contributed by atoms with van der Waals surface area (Å²) in [7, 11) is 0. The summed E-state index contributed by atoms with van der Waals surface area (Å²) in [5, 5.41) is 10.1. The molecule has 1 aromatic rings. The van der Waals surface area contributed by atoms with Gasteiger partial charge in [-0.15, -0.1) is 0 Å². The highest BCUT2D eigenvalue weighted by molar-refractivity contribution is 5.78. The Bertz CT molecular complexity index is 554. The molecule has 0 aliphatic heterocycles. The third kappa shape index (κ3) is 5.45. The van der Waals surface area contributed by atoms with Crippen molar-refractivity contribution in [2.24, 2.45) is 5.41 Å². The van der Waals surface area contributed by atoms with E-state index in [1.54, 1.807) is 13.0 Å². The van der Waals surface area contributed by atoms with Crippen molar-refractivity contribution in [3.05, 3.63) is 47.5 Å². The first-order chi connectivity index (χ1) is 9.86. The predicted octanol–water partition coefficient (Wildman–Crippen LogP) is 2.93. The normalized spacial score (nSPS) is 13.1. The molecule has 0 heterocycles. The minimum atomic E-state index is -1.28. The third-order valence-electron chi connectivity index (χ3n) is 2.89. The zero-order chi connectivity index (χ0) is 15.9. The molecule has 112 valence electrons. The second-order valence-corrected chi connectivity index (χ2v) is 5.64. The first kappa shape index (κ1) is 17.0. The molecule has 1 aromatic carbocycles. The van der Waals surface area contributed by atoms with Gasteiger partial charge < -0.3 is 9.84 Å². The van der Waals surface area contributed by atoms with Gasteiger partial charge in [0.15, 0.2) is 6.10 Å². The van der Waals surface area contributed by atoms with E-state index < -0.39 is 12.1 Å². The van der Waals surface area contributed by atoms with Crippen LogP contribution in [0, 0.1) is 17.3 Å². The number of rotatable bonds is 3. The predicted molar refractivity (Wildman–Crippen MR) is 83.5 cm³/mol. The maximum atomic E-state index is 11.7. The average molecular weight is 286 g/mol. The van der Waals surface area contributed by atoms with Crippen molar-refractivity contribution in [2.75, 3.05) is 6.61 Å². The minimum absolute atomic E-state index is 0.239. The number of aliphatic hydroxyl groups excluding tert-OH is 1. The van der Waals surface area contributed by atoms with Gasteiger partial charge in [-0.3, -0.25) is 0 Å². The second-order valence-electron chi connectivity index (χ2n) is 5.64. The SMILES string of the molecule is CCOC(=O)C(O)/C(=C/C#Cc1ccccc1)C(C)(C)C. The lowest BCUT2D eigenvalue weighted by Gasteiger charge is -2.25. The molecule has 0 saturated carbocycles. The Morgan fingerprint density at radius 3 is 2.48 bits per heavy atom. The molecule has 1 unspecified atom stereocenters. The van der Waals surface area contributed by atoms with Gasteiger partial charge >= 0.3 is 5.97 Å². The van der Waals surface area contributed by atoms with Crippen LogP contribution in [0.25, 0.3) is 0 Å². The quantitative estimate of drug-likeness (QED) is 0.686. The fraction of sp³-hybridized carbons (Fsp3) is 0.389. The standard InChI is InChI=1S/C18H22O3/c1-5-21-17(20)16(19)15(18(2,3)4)13-9-12-14-10-7-6-8-11-14/h6-8,10-11,13,16,19H,5H2,1-4H3/b15-13-. The highest BCUT2D eigenvalue weighted by Crippen LogP contribution is 2.28. The van der Waals surface area contributed by atoms with E-state index in [0.29, 0.717) is 5.57 Å². The fourth-order valence-corrected chi connectivity index (χ4v) is 1.77. The topological polar surface area (TPSA) is 46.5 Å². The summed E-state index contributed by atoms with van der Waals surface area (Å²) in [5.41, 5.74) is 1.05. The van der Waals surface area contributed by atoms with E-state index in [1.165, 1.54) is 0 Å². The number of carbonyl (C=O) groups excluding carboxylic acids is 1. The Morgan fingerprint density at radius 2 is 1.95 bits per heavy atom. The van der Waals surface area contributed by atoms with Gasteiger partial charge in [-0.25, -0.2) is 4.79 Å². The summed E-state index contributed by atoms with van der Waals surface area (Å²) < 4.78 is 4.87. The molecule has 0 bridgehead atoms. The van der Waals surface area contributed by atoms with Crippen molar-refractivity contribution in [3.8, 4) is 11.8 Å². The van der Waals surface area contributed by atoms with Crippen LogP contribution in [0.2, 0.25) is 0 Å². The molecule has 0 aromatic heterocycles. The first-order valence-corrected chi connectivity index (χ1v) is 6.98. The highest BCUT2D eigenvalue weighted by Gasteiger charge is 2.29. The smallest absolute Gasteiger partial charge is 0.339 e. The van der Waals surface area contributed by atoms with Gasteiger partial charge in [0.05, 0.1) is 6.61 Å². The number of ether oxygens (including phenoxy) is 1. The lowest BCUT2D eigenvalue weighted by atomic mass is 9.83. The van der Waals surface area contributed by atoms with Gasteiger partial charge in [0, 0.05) is 5.56 Å². The van der Waals surface area contributed by atoms with Crippen LogP contribution in [0.4, 0.5) is 0 Å². The van der Waals surface area contributed by atoms with Crippen molar-refractivity contribution >= 4 is 5.97 Å². The summed E-state index contributed by atoms with van der Waals surface area (Å²) in [4.78, 5) is 11.7. The van der Waals surface area contributed by atoms with Gasteiger partial charge in [0.25, 0.3) is 0 Å². The molecule has 0 amide bonds. The lowest BCUT2D eigenvalue weighted by molar-refractivity contribution is -0.151. The average Bonchev–Trinajstić information content (AvgIpc) is 2.43. The Hall–Kier alpha value is -2.05. The number of carbonyl (C=O) groups is 1. The Morgan fingerprint density at radius 1 is 1.33 bits per heavy atom. The minimum Gasteiger partial charge on any atom is -0.464 e. The van der Waals surface area contributed by atoms with E-state index in [2.05, 4.69) is 11.8 Å². The van der Waals surface area contributed by atoms with Gasteiger partial charge in [0.2, 0.25) is 0 Å². The molecular weight excluding hydrogens is 264 g/mol. The molecule has 1 N–H and O–H groups in total. The van der Waals surface area contributed by atoms with Gasteiger partial charge in [-0.2, -0.15) is 0 Å². The number of esters is 1. The van der Waals surface area contributed by atoms with E-state index in [9.17, 15) is 9.90 Å². The largest absolute Gasteiger partial charge is 0.464 e. The Labute approximate surface area is 126 Å². The number of benzene rings is 1. The third-order valence-corrected chi connectivity index (χ3v) is 2.89. The van der Waals surface area contributed by atoms with Gasteiger partial charge in [-0.1, -0.05) is 50.8 Å². The van der Waals surface area contributed by atoms with Gasteiger partial charge in [-0.05, 0) is 36.1 Å². The zero-order valence-electron chi connectivity index (χ0n) is 13.0.